The molecule has 3 rings (SSSR count). The van der Waals surface area contributed by atoms with E-state index in [-0.39, 0.29) is 37.3 Å². The second kappa shape index (κ2) is 13.5. The van der Waals surface area contributed by atoms with Crippen molar-refractivity contribution < 1.29 is 24.2 Å². The molecule has 0 fully saturated rings. The van der Waals surface area contributed by atoms with E-state index in [4.69, 9.17) is 9.84 Å². The van der Waals surface area contributed by atoms with Crippen molar-refractivity contribution in [1.82, 2.24) is 10.6 Å². The highest BCUT2D eigenvalue weighted by Gasteiger charge is 2.29. The van der Waals surface area contributed by atoms with Crippen molar-refractivity contribution in [2.45, 2.75) is 70.3 Å². The summed E-state index contributed by atoms with van der Waals surface area (Å²) in [6.45, 7) is 2.81. The summed E-state index contributed by atoms with van der Waals surface area (Å²) in [5.74, 6) is -0.881. The number of rotatable bonds is 14. The Balaban J connectivity index is 1.43. The zero-order valence-electron chi connectivity index (χ0n) is 20.4. The Labute approximate surface area is 207 Å². The molecule has 1 aliphatic carbocycles. The second-order valence-electron chi connectivity index (χ2n) is 9.07. The molecule has 0 bridgehead atoms. The van der Waals surface area contributed by atoms with Gasteiger partial charge in [0.05, 0.1) is 0 Å². The van der Waals surface area contributed by atoms with Gasteiger partial charge in [0.15, 0.2) is 0 Å². The van der Waals surface area contributed by atoms with Crippen LogP contribution in [-0.2, 0) is 14.3 Å². The lowest BCUT2D eigenvalue weighted by Gasteiger charge is -2.19. The molecule has 188 valence electrons. The zero-order valence-corrected chi connectivity index (χ0v) is 20.4. The van der Waals surface area contributed by atoms with Gasteiger partial charge in [-0.15, -0.1) is 0 Å². The summed E-state index contributed by atoms with van der Waals surface area (Å²) in [5, 5.41) is 14.4. The molecule has 7 nitrogen and oxygen atoms in total. The molecule has 0 unspecified atom stereocenters. The van der Waals surface area contributed by atoms with E-state index >= 15 is 0 Å². The summed E-state index contributed by atoms with van der Waals surface area (Å²) in [5.41, 5.74) is 4.68. The number of alkyl carbamates (subject to hydrolysis) is 1. The molecule has 0 saturated heterocycles. The van der Waals surface area contributed by atoms with Gasteiger partial charge in [0, 0.05) is 31.3 Å². The number of benzene rings is 2. The van der Waals surface area contributed by atoms with Crippen molar-refractivity contribution in [2.75, 3.05) is 13.2 Å². The molecule has 0 radical (unpaired) electrons. The number of carbonyl (C=O) groups is 3. The van der Waals surface area contributed by atoms with Crippen LogP contribution < -0.4 is 10.6 Å². The van der Waals surface area contributed by atoms with Gasteiger partial charge in [-0.25, -0.2) is 4.79 Å². The molecule has 0 aliphatic heterocycles. The average molecular weight is 481 g/mol. The van der Waals surface area contributed by atoms with Gasteiger partial charge in [-0.1, -0.05) is 74.7 Å². The van der Waals surface area contributed by atoms with Gasteiger partial charge in [-0.3, -0.25) is 9.59 Å². The lowest BCUT2D eigenvalue weighted by atomic mass is 9.98. The third-order valence-electron chi connectivity index (χ3n) is 6.37. The molecule has 3 N–H and O–H groups in total. The largest absolute Gasteiger partial charge is 0.481 e. The van der Waals surface area contributed by atoms with Crippen molar-refractivity contribution in [1.29, 1.82) is 0 Å². The molecule has 1 atom stereocenters. The molecule has 0 heterocycles. The fourth-order valence-corrected chi connectivity index (χ4v) is 4.66. The van der Waals surface area contributed by atoms with E-state index < -0.39 is 12.1 Å². The Kier molecular flexibility index (Phi) is 10.1. The Hall–Kier alpha value is -3.35. The standard InChI is InChI=1S/C28H36N2O5/c1-2-11-20(18-26(31)29-17-10-4-3-5-16-27(32)33)30-28(34)35-19-25-23-14-8-6-12-21(23)22-13-7-9-15-24(22)25/h6-9,12-15,20,25H,2-5,10-11,16-19H2,1H3,(H,29,31)(H,30,34)(H,32,33)/t20-/m1/s1. The van der Waals surface area contributed by atoms with E-state index in [1.807, 2.05) is 31.2 Å². The smallest absolute Gasteiger partial charge is 0.407 e. The van der Waals surface area contributed by atoms with E-state index in [9.17, 15) is 14.4 Å². The first kappa shape index (κ1) is 26.3. The van der Waals surface area contributed by atoms with Gasteiger partial charge in [0.25, 0.3) is 0 Å². The van der Waals surface area contributed by atoms with Crippen molar-refractivity contribution in [3.8, 4) is 11.1 Å². The number of carboxylic acid groups (broad SMARTS) is 1. The SMILES string of the molecule is CCC[C@H](CC(=O)NCCCCCCC(=O)O)NC(=O)OCC1c2ccccc2-c2ccccc21. The quantitative estimate of drug-likeness (QED) is 0.321. The van der Waals surface area contributed by atoms with Gasteiger partial charge >= 0.3 is 12.1 Å². The number of unbranched alkanes of at least 4 members (excludes halogenated alkanes) is 3. The molecule has 7 heteroatoms. The van der Waals surface area contributed by atoms with E-state index in [0.717, 1.165) is 36.8 Å². The third kappa shape index (κ3) is 7.84. The molecule has 2 aromatic rings. The molecule has 0 saturated carbocycles. The highest BCUT2D eigenvalue weighted by molar-refractivity contribution is 5.79. The van der Waals surface area contributed by atoms with E-state index in [2.05, 4.69) is 34.9 Å². The first-order chi connectivity index (χ1) is 17.0. The summed E-state index contributed by atoms with van der Waals surface area (Å²) >= 11 is 0. The lowest BCUT2D eigenvalue weighted by Crippen LogP contribution is -2.40. The Morgan fingerprint density at radius 1 is 0.943 bits per heavy atom. The molecule has 35 heavy (non-hydrogen) atoms. The number of hydrogen-bond donors (Lipinski definition) is 3. The van der Waals surface area contributed by atoms with Gasteiger partial charge in [0.1, 0.15) is 6.61 Å². The minimum atomic E-state index is -0.774. The molecule has 2 aromatic carbocycles. The first-order valence-electron chi connectivity index (χ1n) is 12.6. The van der Waals surface area contributed by atoms with Gasteiger partial charge in [-0.2, -0.15) is 0 Å². The monoisotopic (exact) mass is 480 g/mol. The topological polar surface area (TPSA) is 105 Å². The highest BCUT2D eigenvalue weighted by Crippen LogP contribution is 2.44. The van der Waals surface area contributed by atoms with Crippen LogP contribution in [0.2, 0.25) is 0 Å². The molecular weight excluding hydrogens is 444 g/mol. The summed E-state index contributed by atoms with van der Waals surface area (Å²) in [7, 11) is 0. The van der Waals surface area contributed by atoms with Crippen LogP contribution in [0.15, 0.2) is 48.5 Å². The van der Waals surface area contributed by atoms with E-state index in [1.54, 1.807) is 0 Å². The van der Waals surface area contributed by atoms with Crippen molar-refractivity contribution in [3.63, 3.8) is 0 Å². The fraction of sp³-hybridized carbons (Fsp3) is 0.464. The molecule has 0 spiro atoms. The summed E-state index contributed by atoms with van der Waals surface area (Å²) in [4.78, 5) is 35.5. The van der Waals surface area contributed by atoms with Crippen LogP contribution in [0.5, 0.6) is 0 Å². The van der Waals surface area contributed by atoms with E-state index in [0.29, 0.717) is 19.4 Å². The summed E-state index contributed by atoms with van der Waals surface area (Å²) in [6.07, 6.45) is 4.60. The molecular formula is C28H36N2O5. The number of ether oxygens (including phenoxy) is 1. The normalized spacial score (nSPS) is 12.9. The number of carbonyl (C=O) groups excluding carboxylic acids is 2. The maximum Gasteiger partial charge on any atom is 0.407 e. The maximum atomic E-state index is 12.6. The number of nitrogens with one attached hydrogen (secondary N) is 2. The number of fused-ring (bicyclic) bond motifs is 3. The van der Waals surface area contributed by atoms with Crippen LogP contribution in [0.25, 0.3) is 11.1 Å². The second-order valence-corrected chi connectivity index (χ2v) is 9.07. The average Bonchev–Trinajstić information content (AvgIpc) is 3.16. The van der Waals surface area contributed by atoms with Crippen molar-refractivity contribution >= 4 is 18.0 Å². The predicted molar refractivity (Wildman–Crippen MR) is 135 cm³/mol. The fourth-order valence-electron chi connectivity index (χ4n) is 4.66. The van der Waals surface area contributed by atoms with Crippen LogP contribution in [0.1, 0.15) is 75.3 Å². The number of hydrogen-bond acceptors (Lipinski definition) is 4. The van der Waals surface area contributed by atoms with Crippen LogP contribution in [-0.4, -0.2) is 42.3 Å². The number of aliphatic carboxylic acids is 1. The number of amides is 2. The Morgan fingerprint density at radius 2 is 1.57 bits per heavy atom. The third-order valence-corrected chi connectivity index (χ3v) is 6.37. The van der Waals surface area contributed by atoms with Crippen LogP contribution >= 0.6 is 0 Å². The molecule has 2 amide bonds. The summed E-state index contributed by atoms with van der Waals surface area (Å²) < 4.78 is 5.63. The van der Waals surface area contributed by atoms with Crippen LogP contribution in [0, 0.1) is 0 Å². The lowest BCUT2D eigenvalue weighted by molar-refractivity contribution is -0.137. The zero-order chi connectivity index (χ0) is 25.0. The molecule has 1 aliphatic rings. The van der Waals surface area contributed by atoms with Gasteiger partial charge in [-0.05, 0) is 41.5 Å². The van der Waals surface area contributed by atoms with Crippen molar-refractivity contribution in [3.05, 3.63) is 59.7 Å². The Morgan fingerprint density at radius 3 is 2.20 bits per heavy atom. The first-order valence-corrected chi connectivity index (χ1v) is 12.6. The maximum absolute atomic E-state index is 12.6. The minimum absolute atomic E-state index is 0.00317. The number of carboxylic acids is 1. The van der Waals surface area contributed by atoms with Crippen LogP contribution in [0.4, 0.5) is 4.79 Å². The summed E-state index contributed by atoms with van der Waals surface area (Å²) in [6, 6.07) is 16.1. The molecule has 0 aromatic heterocycles. The van der Waals surface area contributed by atoms with Crippen molar-refractivity contribution in [2.24, 2.45) is 0 Å². The van der Waals surface area contributed by atoms with Gasteiger partial charge < -0.3 is 20.5 Å². The Bertz CT molecular complexity index is 961. The van der Waals surface area contributed by atoms with Crippen LogP contribution in [0.3, 0.4) is 0 Å². The highest BCUT2D eigenvalue weighted by atomic mass is 16.5. The van der Waals surface area contributed by atoms with Gasteiger partial charge in [0.2, 0.25) is 5.91 Å². The van der Waals surface area contributed by atoms with E-state index in [1.165, 1.54) is 11.1 Å². The minimum Gasteiger partial charge on any atom is -0.481 e. The predicted octanol–water partition coefficient (Wildman–Crippen LogP) is 5.24.